The van der Waals surface area contributed by atoms with Crippen LogP contribution in [0.5, 0.6) is 11.5 Å². The molecule has 2 saturated carbocycles. The number of carboxylic acid groups (broad SMARTS) is 1. The number of hydrogen-bond acceptors (Lipinski definition) is 14. The number of carboxylic acids is 1. The average molecular weight is 786 g/mol. The number of methoxy groups -OCH3 is 2. The van der Waals surface area contributed by atoms with E-state index in [4.69, 9.17) is 34.0 Å². The van der Waals surface area contributed by atoms with Crippen LogP contribution in [0.3, 0.4) is 0 Å². The molecule has 22 heteroatoms. The molecule has 3 N–H and O–H groups in total. The third kappa shape index (κ3) is 10.7. The van der Waals surface area contributed by atoms with Gasteiger partial charge in [-0.25, -0.2) is 18.4 Å². The van der Waals surface area contributed by atoms with Gasteiger partial charge >= 0.3 is 48.1 Å². The molecule has 2 heterocycles. The van der Waals surface area contributed by atoms with Gasteiger partial charge in [0, 0.05) is 38.3 Å². The minimum absolute atomic E-state index is 0. The molecule has 0 unspecified atom stereocenters. The SMILES string of the molecule is C.C.COc1c(F)ccc2c(=O)c(C(=O)O)cn(C3CC3)c12.COc1c(F)ccc2c(=O)c(C(=O)OB(OC(C)=O)OC(C)=O)cn(C3CC3)c12.O=BB(O)O. The first-order valence-electron chi connectivity index (χ1n) is 16.0. The number of aromatic carboxylic acids is 1. The Morgan fingerprint density at radius 3 is 1.43 bits per heavy atom. The van der Waals surface area contributed by atoms with Crippen LogP contribution >= 0.6 is 0 Å². The summed E-state index contributed by atoms with van der Waals surface area (Å²) in [5.41, 5.74) is -1.49. The topological polar surface area (TPSA) is 236 Å². The predicted molar refractivity (Wildman–Crippen MR) is 198 cm³/mol. The maximum absolute atomic E-state index is 14.2. The molecule has 2 aromatic carbocycles. The van der Waals surface area contributed by atoms with Crippen LogP contribution in [0, 0.1) is 11.6 Å². The molecule has 2 aliphatic carbocycles. The van der Waals surface area contributed by atoms with Crippen molar-refractivity contribution >= 4 is 67.1 Å². The second-order valence-corrected chi connectivity index (χ2v) is 11.7. The number of carbonyl (C=O) groups is 4. The Hall–Kier alpha value is -5.89. The second-order valence-electron chi connectivity index (χ2n) is 11.7. The van der Waals surface area contributed by atoms with E-state index in [1.165, 1.54) is 38.7 Å². The van der Waals surface area contributed by atoms with Gasteiger partial charge in [-0.3, -0.25) is 19.2 Å². The van der Waals surface area contributed by atoms with E-state index in [1.807, 2.05) is 0 Å². The van der Waals surface area contributed by atoms with Crippen molar-refractivity contribution < 1.29 is 71.3 Å². The quantitative estimate of drug-likeness (QED) is 0.196. The van der Waals surface area contributed by atoms with Gasteiger partial charge in [0.2, 0.25) is 10.9 Å². The van der Waals surface area contributed by atoms with Gasteiger partial charge in [-0.05, 0) is 49.9 Å². The van der Waals surface area contributed by atoms with Crippen molar-refractivity contribution in [1.82, 2.24) is 9.13 Å². The normalized spacial score (nSPS) is 12.4. The summed E-state index contributed by atoms with van der Waals surface area (Å²) in [5.74, 6) is -5.52. The molecule has 2 aliphatic rings. The van der Waals surface area contributed by atoms with Crippen molar-refractivity contribution in [3.05, 3.63) is 79.9 Å². The van der Waals surface area contributed by atoms with Gasteiger partial charge < -0.3 is 37.7 Å². The number of pyridine rings is 2. The molecule has 2 fully saturated rings. The predicted octanol–water partition coefficient (Wildman–Crippen LogP) is 3.21. The molecule has 0 saturated heterocycles. The number of hydrogen-bond donors (Lipinski definition) is 3. The van der Waals surface area contributed by atoms with Gasteiger partial charge in [0.25, 0.3) is 11.9 Å². The average Bonchev–Trinajstić information content (AvgIpc) is 4.03. The molecule has 0 bridgehead atoms. The van der Waals surface area contributed by atoms with Crippen LogP contribution in [0.25, 0.3) is 21.8 Å². The number of rotatable bonds is 10. The van der Waals surface area contributed by atoms with E-state index in [-0.39, 0.29) is 72.9 Å². The van der Waals surface area contributed by atoms with Crippen LogP contribution in [-0.2, 0) is 28.3 Å². The molecule has 0 aliphatic heterocycles. The third-order valence-corrected chi connectivity index (χ3v) is 7.79. The van der Waals surface area contributed by atoms with Crippen molar-refractivity contribution in [3.63, 3.8) is 0 Å². The molecule has 4 aromatic rings. The molecular weight excluding hydrogens is 747 g/mol. The van der Waals surface area contributed by atoms with Crippen LogP contribution in [0.2, 0.25) is 0 Å². The van der Waals surface area contributed by atoms with Crippen LogP contribution in [0.15, 0.2) is 46.2 Å². The fourth-order valence-corrected chi connectivity index (χ4v) is 5.25. The van der Waals surface area contributed by atoms with Crippen molar-refractivity contribution in [2.75, 3.05) is 14.2 Å². The first-order chi connectivity index (χ1) is 25.5. The summed E-state index contributed by atoms with van der Waals surface area (Å²) >= 11 is 0. The monoisotopic (exact) mass is 786 g/mol. The van der Waals surface area contributed by atoms with Gasteiger partial charge in [0.15, 0.2) is 23.1 Å². The van der Waals surface area contributed by atoms with E-state index >= 15 is 0 Å². The van der Waals surface area contributed by atoms with Crippen LogP contribution in [0.1, 0.15) is 87.2 Å². The van der Waals surface area contributed by atoms with E-state index in [0.29, 0.717) is 5.52 Å². The summed E-state index contributed by atoms with van der Waals surface area (Å²) < 4.78 is 64.5. The summed E-state index contributed by atoms with van der Waals surface area (Å²) in [7, 11) is -1.10. The van der Waals surface area contributed by atoms with Crippen LogP contribution in [-0.4, -0.2) is 83.8 Å². The molecule has 0 amide bonds. The minimum atomic E-state index is -1.94. The number of nitrogens with zero attached hydrogens (tertiary/aromatic N) is 2. The summed E-state index contributed by atoms with van der Waals surface area (Å²) in [6.07, 6.45) is 5.82. The van der Waals surface area contributed by atoms with Crippen molar-refractivity contribution in [1.29, 1.82) is 0 Å². The number of ether oxygens (including phenoxy) is 2. The zero-order valence-corrected chi connectivity index (χ0v) is 29.1. The molecule has 56 heavy (non-hydrogen) atoms. The third-order valence-electron chi connectivity index (χ3n) is 7.79. The van der Waals surface area contributed by atoms with Gasteiger partial charge in [-0.2, -0.15) is 0 Å². The van der Waals surface area contributed by atoms with Gasteiger partial charge in [0.1, 0.15) is 11.1 Å². The van der Waals surface area contributed by atoms with E-state index in [9.17, 15) is 37.5 Å². The van der Waals surface area contributed by atoms with E-state index in [2.05, 4.69) is 9.31 Å². The van der Waals surface area contributed by atoms with Gasteiger partial charge in [0.05, 0.1) is 36.0 Å². The Kier molecular flexibility index (Phi) is 16.2. The first kappa shape index (κ1) is 46.3. The van der Waals surface area contributed by atoms with Crippen LogP contribution in [0.4, 0.5) is 8.78 Å². The van der Waals surface area contributed by atoms with Crippen molar-refractivity contribution in [2.24, 2.45) is 0 Å². The number of carbonyl (C=O) groups excluding carboxylic acids is 3. The van der Waals surface area contributed by atoms with E-state index in [1.54, 1.807) is 9.13 Å². The van der Waals surface area contributed by atoms with E-state index < -0.39 is 60.7 Å². The number of aromatic nitrogens is 2. The molecule has 17 nitrogen and oxygen atoms in total. The Morgan fingerprint density at radius 1 is 0.732 bits per heavy atom. The second kappa shape index (κ2) is 19.6. The Labute approximate surface area is 319 Å². The molecule has 0 atom stereocenters. The zero-order chi connectivity index (χ0) is 40.0. The first-order valence-corrected chi connectivity index (χ1v) is 16.0. The fraction of sp³-hybridized carbons (Fsp3) is 0.353. The van der Waals surface area contributed by atoms with Gasteiger partial charge in [-0.15, -0.1) is 0 Å². The summed E-state index contributed by atoms with van der Waals surface area (Å²) in [6.45, 7) is 2.06. The molecule has 0 radical (unpaired) electrons. The molecular formula is C34H39B3F2N2O15. The summed E-state index contributed by atoms with van der Waals surface area (Å²) in [6, 6.07) is 4.78. The molecule has 2 aromatic heterocycles. The molecule has 298 valence electrons. The standard InChI is InChI=1S/C18H17BFNO8.C14H12FNO4.2CH4.B2H2O3/c1-9(22)27-19(28-10(2)23)29-18(25)13-8-21(11-4-5-11)15-12(16(13)24)6-7-14(20)17(15)26-3;1-20-13-10(15)5-4-8-11(13)16(7-2-3-7)6-9(12(8)17)14(18)19;;;3-1-2(4)5/h6-8,11H,4-5H2,1-3H3;4-7H,2-3H2,1H3,(H,18,19);2*1H4;4-5H. The Morgan fingerprint density at radius 2 is 1.11 bits per heavy atom. The number of benzene rings is 2. The molecule has 6 rings (SSSR count). The fourth-order valence-electron chi connectivity index (χ4n) is 5.25. The Bertz CT molecular complexity index is 2240. The number of halogens is 2. The van der Waals surface area contributed by atoms with Crippen molar-refractivity contribution in [3.8, 4) is 11.5 Å². The molecule has 0 spiro atoms. The summed E-state index contributed by atoms with van der Waals surface area (Å²) in [4.78, 5) is 71.0. The Balaban J connectivity index is 0.000000349. The van der Waals surface area contributed by atoms with Crippen molar-refractivity contribution in [2.45, 2.75) is 66.5 Å². The zero-order valence-electron chi connectivity index (χ0n) is 29.1. The maximum atomic E-state index is 14.2. The van der Waals surface area contributed by atoms with Gasteiger partial charge in [-0.1, -0.05) is 14.9 Å². The van der Waals surface area contributed by atoms with Crippen LogP contribution < -0.4 is 20.3 Å². The summed E-state index contributed by atoms with van der Waals surface area (Å²) in [5, 5.41) is 24.4. The number of fused-ring (bicyclic) bond motifs is 2. The van der Waals surface area contributed by atoms with E-state index in [0.717, 1.165) is 51.7 Å².